The third-order valence-corrected chi connectivity index (χ3v) is 4.59. The molecule has 0 amide bonds. The Balaban J connectivity index is 2.06. The topological polar surface area (TPSA) is 58.6 Å². The van der Waals surface area contributed by atoms with Crippen molar-refractivity contribution < 1.29 is 13.2 Å². The summed E-state index contributed by atoms with van der Waals surface area (Å²) in [5.41, 5.74) is 0.226. The zero-order valence-electron chi connectivity index (χ0n) is 11.1. The fourth-order valence-electron chi connectivity index (χ4n) is 1.78. The second-order valence-electron chi connectivity index (χ2n) is 4.47. The van der Waals surface area contributed by atoms with Gasteiger partial charge in [-0.25, -0.2) is 9.97 Å². The molecule has 3 aromatic rings. The van der Waals surface area contributed by atoms with E-state index in [4.69, 9.17) is 0 Å². The summed E-state index contributed by atoms with van der Waals surface area (Å²) in [5, 5.41) is 3.46. The SMILES string of the molecule is Cc1csc(-c2cc(=O)cc(-c3nc(C(F)(F)F)cs3)[nH]2)n1. The summed E-state index contributed by atoms with van der Waals surface area (Å²) >= 11 is 2.18. The van der Waals surface area contributed by atoms with E-state index in [1.54, 1.807) is 0 Å². The Kier molecular flexibility index (Phi) is 3.61. The quantitative estimate of drug-likeness (QED) is 0.766. The first-order valence-electron chi connectivity index (χ1n) is 6.03. The van der Waals surface area contributed by atoms with Crippen molar-refractivity contribution in [1.82, 2.24) is 15.0 Å². The molecule has 0 fully saturated rings. The minimum atomic E-state index is -4.50. The molecule has 0 aromatic carbocycles. The molecule has 1 N–H and O–H groups in total. The first-order chi connectivity index (χ1) is 10.3. The molecule has 22 heavy (non-hydrogen) atoms. The Bertz CT molecular complexity index is 879. The van der Waals surface area contributed by atoms with E-state index in [1.807, 2.05) is 12.3 Å². The number of halogens is 3. The number of aryl methyl sites for hydroxylation is 1. The molecule has 3 rings (SSSR count). The van der Waals surface area contributed by atoms with E-state index >= 15 is 0 Å². The zero-order valence-corrected chi connectivity index (χ0v) is 12.7. The molecular weight excluding hydrogens is 335 g/mol. The predicted octanol–water partition coefficient (Wildman–Crippen LogP) is 3.95. The predicted molar refractivity (Wildman–Crippen MR) is 79.0 cm³/mol. The maximum absolute atomic E-state index is 12.6. The van der Waals surface area contributed by atoms with Gasteiger partial charge in [-0.2, -0.15) is 13.2 Å². The van der Waals surface area contributed by atoms with E-state index < -0.39 is 11.9 Å². The van der Waals surface area contributed by atoms with Gasteiger partial charge >= 0.3 is 6.18 Å². The highest BCUT2D eigenvalue weighted by atomic mass is 32.1. The molecule has 0 saturated carbocycles. The highest BCUT2D eigenvalue weighted by Gasteiger charge is 2.33. The summed E-state index contributed by atoms with van der Waals surface area (Å²) in [6, 6.07) is 2.59. The number of nitrogens with one attached hydrogen (secondary N) is 1. The second kappa shape index (κ2) is 5.33. The molecule has 3 aromatic heterocycles. The fourth-order valence-corrected chi connectivity index (χ4v) is 3.35. The molecule has 4 nitrogen and oxygen atoms in total. The average molecular weight is 343 g/mol. The van der Waals surface area contributed by atoms with Crippen molar-refractivity contribution in [1.29, 1.82) is 0 Å². The molecular formula is C13H8F3N3OS2. The smallest absolute Gasteiger partial charge is 0.350 e. The minimum Gasteiger partial charge on any atom is -0.350 e. The summed E-state index contributed by atoms with van der Waals surface area (Å²) in [6.07, 6.45) is -4.50. The van der Waals surface area contributed by atoms with E-state index in [1.165, 1.54) is 23.5 Å². The lowest BCUT2D eigenvalue weighted by atomic mass is 10.3. The van der Waals surface area contributed by atoms with Gasteiger partial charge in [0.15, 0.2) is 11.1 Å². The summed E-state index contributed by atoms with van der Waals surface area (Å²) in [5.74, 6) is 0. The van der Waals surface area contributed by atoms with Gasteiger partial charge in [0.1, 0.15) is 10.0 Å². The largest absolute Gasteiger partial charge is 0.434 e. The van der Waals surface area contributed by atoms with E-state index in [-0.39, 0.29) is 16.1 Å². The van der Waals surface area contributed by atoms with Crippen molar-refractivity contribution in [3.05, 3.63) is 44.5 Å². The summed E-state index contributed by atoms with van der Waals surface area (Å²) < 4.78 is 37.8. The van der Waals surface area contributed by atoms with E-state index in [2.05, 4.69) is 15.0 Å². The molecule has 0 aliphatic carbocycles. The number of aromatic amines is 1. The van der Waals surface area contributed by atoms with Crippen LogP contribution in [0.5, 0.6) is 0 Å². The highest BCUT2D eigenvalue weighted by molar-refractivity contribution is 7.13. The van der Waals surface area contributed by atoms with Gasteiger partial charge in [0.25, 0.3) is 0 Å². The number of nitrogens with zero attached hydrogens (tertiary/aromatic N) is 2. The lowest BCUT2D eigenvalue weighted by molar-refractivity contribution is -0.140. The van der Waals surface area contributed by atoms with E-state index in [9.17, 15) is 18.0 Å². The van der Waals surface area contributed by atoms with Gasteiger partial charge < -0.3 is 4.98 Å². The van der Waals surface area contributed by atoms with Crippen LogP contribution in [0.25, 0.3) is 21.4 Å². The summed E-state index contributed by atoms with van der Waals surface area (Å²) in [4.78, 5) is 22.5. The van der Waals surface area contributed by atoms with Crippen LogP contribution in [0.1, 0.15) is 11.4 Å². The van der Waals surface area contributed by atoms with Gasteiger partial charge in [-0.1, -0.05) is 0 Å². The van der Waals surface area contributed by atoms with Gasteiger partial charge in [-0.15, -0.1) is 22.7 Å². The number of rotatable bonds is 2. The van der Waals surface area contributed by atoms with Crippen LogP contribution in [0.2, 0.25) is 0 Å². The Morgan fingerprint density at radius 2 is 1.64 bits per heavy atom. The van der Waals surface area contributed by atoms with Crippen LogP contribution in [0.4, 0.5) is 13.2 Å². The Morgan fingerprint density at radius 1 is 1.05 bits per heavy atom. The third kappa shape index (κ3) is 2.95. The third-order valence-electron chi connectivity index (χ3n) is 2.72. The van der Waals surface area contributed by atoms with Crippen LogP contribution < -0.4 is 5.43 Å². The van der Waals surface area contributed by atoms with E-state index in [0.717, 1.165) is 22.4 Å². The highest BCUT2D eigenvalue weighted by Crippen LogP contribution is 2.33. The van der Waals surface area contributed by atoms with Crippen LogP contribution in [-0.4, -0.2) is 15.0 Å². The van der Waals surface area contributed by atoms with Gasteiger partial charge in [-0.05, 0) is 6.92 Å². The molecule has 0 bridgehead atoms. The molecule has 3 heterocycles. The molecule has 0 unspecified atom stereocenters. The van der Waals surface area contributed by atoms with Gasteiger partial charge in [-0.3, -0.25) is 4.79 Å². The molecule has 0 aliphatic heterocycles. The van der Waals surface area contributed by atoms with Crippen molar-refractivity contribution >= 4 is 22.7 Å². The standard InChI is InChI=1S/C13H8F3N3OS2/c1-6-4-21-11(17-6)8-2-7(20)3-9(18-8)12-19-10(5-22-12)13(14,15)16/h2-5H,1H3,(H,18,20). The van der Waals surface area contributed by atoms with Crippen molar-refractivity contribution in [3.63, 3.8) is 0 Å². The van der Waals surface area contributed by atoms with Crippen LogP contribution in [-0.2, 0) is 6.18 Å². The zero-order chi connectivity index (χ0) is 15.9. The number of thiazole rings is 2. The summed E-state index contributed by atoms with van der Waals surface area (Å²) in [7, 11) is 0. The number of alkyl halides is 3. The van der Waals surface area contributed by atoms with Crippen LogP contribution in [0, 0.1) is 6.92 Å². The normalized spacial score (nSPS) is 11.8. The number of hydrogen-bond acceptors (Lipinski definition) is 5. The maximum atomic E-state index is 12.6. The molecule has 0 atom stereocenters. The monoisotopic (exact) mass is 343 g/mol. The van der Waals surface area contributed by atoms with Gasteiger partial charge in [0, 0.05) is 28.6 Å². The minimum absolute atomic E-state index is 0.111. The van der Waals surface area contributed by atoms with Crippen molar-refractivity contribution in [2.24, 2.45) is 0 Å². The first kappa shape index (κ1) is 14.9. The molecule has 0 radical (unpaired) electrons. The van der Waals surface area contributed by atoms with Gasteiger partial charge in [0.05, 0.1) is 11.4 Å². The lowest BCUT2D eigenvalue weighted by Crippen LogP contribution is -2.05. The fraction of sp³-hybridized carbons (Fsp3) is 0.154. The second-order valence-corrected chi connectivity index (χ2v) is 6.19. The molecule has 114 valence electrons. The van der Waals surface area contributed by atoms with Crippen LogP contribution in [0.15, 0.2) is 27.7 Å². The van der Waals surface area contributed by atoms with Crippen LogP contribution >= 0.6 is 22.7 Å². The Hall–Kier alpha value is -2.00. The molecule has 0 spiro atoms. The van der Waals surface area contributed by atoms with Crippen molar-refractivity contribution in [2.75, 3.05) is 0 Å². The molecule has 0 saturated heterocycles. The molecule has 0 aliphatic rings. The Morgan fingerprint density at radius 3 is 2.14 bits per heavy atom. The number of pyridine rings is 1. The van der Waals surface area contributed by atoms with Crippen LogP contribution in [0.3, 0.4) is 0 Å². The van der Waals surface area contributed by atoms with Gasteiger partial charge in [0.2, 0.25) is 0 Å². The van der Waals surface area contributed by atoms with E-state index in [0.29, 0.717) is 10.7 Å². The summed E-state index contributed by atoms with van der Waals surface area (Å²) in [6.45, 7) is 1.82. The molecule has 9 heteroatoms. The number of aromatic nitrogens is 3. The number of hydrogen-bond donors (Lipinski definition) is 1. The average Bonchev–Trinajstić information content (AvgIpc) is 3.05. The maximum Gasteiger partial charge on any atom is 0.434 e. The Labute approximate surface area is 130 Å². The number of H-pyrrole nitrogens is 1. The lowest BCUT2D eigenvalue weighted by Gasteiger charge is -2.02. The van der Waals surface area contributed by atoms with Crippen molar-refractivity contribution in [3.8, 4) is 21.4 Å². The first-order valence-corrected chi connectivity index (χ1v) is 7.79. The van der Waals surface area contributed by atoms with Crippen molar-refractivity contribution in [2.45, 2.75) is 13.1 Å².